The Balaban J connectivity index is 1.62. The number of likely N-dealkylation sites (N-methyl/N-ethyl adjacent to an activating group) is 1. The van der Waals surface area contributed by atoms with Gasteiger partial charge in [-0.05, 0) is 36.4 Å². The predicted molar refractivity (Wildman–Crippen MR) is 88.3 cm³/mol. The zero-order valence-electron chi connectivity index (χ0n) is 12.4. The molecule has 0 atom stereocenters. The molecule has 0 radical (unpaired) electrons. The lowest BCUT2D eigenvalue weighted by molar-refractivity contribution is -0.120. The van der Waals surface area contributed by atoms with Crippen molar-refractivity contribution in [2.75, 3.05) is 18.6 Å². The van der Waals surface area contributed by atoms with Crippen LogP contribution in [0.5, 0.6) is 5.75 Å². The third kappa shape index (κ3) is 3.54. The molecule has 1 heterocycles. The van der Waals surface area contributed by atoms with Crippen molar-refractivity contribution in [2.24, 2.45) is 0 Å². The quantitative estimate of drug-likeness (QED) is 0.782. The minimum atomic E-state index is -0.152. The van der Waals surface area contributed by atoms with Gasteiger partial charge in [-0.25, -0.2) is 9.90 Å². The molecule has 3 rings (SSSR count). The Morgan fingerprint density at radius 2 is 2.04 bits per heavy atom. The lowest BCUT2D eigenvalue weighted by Gasteiger charge is -2.18. The van der Waals surface area contributed by atoms with Gasteiger partial charge in [-0.3, -0.25) is 4.79 Å². The van der Waals surface area contributed by atoms with Crippen LogP contribution in [0.2, 0.25) is 5.02 Å². The average molecular weight is 331 g/mol. The molecule has 0 aliphatic heterocycles. The maximum absolute atomic E-state index is 12.2. The van der Waals surface area contributed by atoms with E-state index in [-0.39, 0.29) is 12.5 Å². The molecule has 1 aromatic heterocycles. The van der Waals surface area contributed by atoms with Crippen molar-refractivity contribution in [2.45, 2.75) is 0 Å². The molecule has 0 bridgehead atoms. The molecule has 0 unspecified atom stereocenters. The van der Waals surface area contributed by atoms with E-state index >= 15 is 0 Å². The van der Waals surface area contributed by atoms with Crippen molar-refractivity contribution in [1.82, 2.24) is 15.0 Å². The predicted octanol–water partition coefficient (Wildman–Crippen LogP) is 2.90. The van der Waals surface area contributed by atoms with Gasteiger partial charge in [-0.2, -0.15) is 0 Å². The standard InChI is InChI=1S/C16H15ClN4O2/c1-20(13-7-5-12(17)6-8-13)16(22)10-23-15-4-2-3-14(9-15)21-11-18-19-21/h2-9,11,19H,10H2,1H3. The van der Waals surface area contributed by atoms with Gasteiger partial charge in [0, 0.05) is 23.8 Å². The molecule has 7 heteroatoms. The second-order valence-electron chi connectivity index (χ2n) is 4.93. The first-order valence-corrected chi connectivity index (χ1v) is 7.34. The van der Waals surface area contributed by atoms with Crippen molar-refractivity contribution in [3.63, 3.8) is 0 Å². The summed E-state index contributed by atoms with van der Waals surface area (Å²) in [7, 11) is 1.70. The summed E-state index contributed by atoms with van der Waals surface area (Å²) in [5.41, 5.74) is 1.65. The number of H-pyrrole nitrogens is 1. The number of benzene rings is 2. The van der Waals surface area contributed by atoms with E-state index in [1.807, 2.05) is 18.2 Å². The van der Waals surface area contributed by atoms with Gasteiger partial charge in [-0.1, -0.05) is 17.7 Å². The lowest BCUT2D eigenvalue weighted by atomic mass is 10.3. The number of hydrogen-bond donors (Lipinski definition) is 1. The minimum absolute atomic E-state index is 0.0515. The molecule has 0 fully saturated rings. The largest absolute Gasteiger partial charge is 0.484 e. The number of rotatable bonds is 5. The van der Waals surface area contributed by atoms with E-state index in [1.54, 1.807) is 48.4 Å². The van der Waals surface area contributed by atoms with E-state index in [2.05, 4.69) is 10.3 Å². The van der Waals surface area contributed by atoms with Crippen LogP contribution in [0.4, 0.5) is 5.69 Å². The van der Waals surface area contributed by atoms with Crippen LogP contribution < -0.4 is 9.64 Å². The van der Waals surface area contributed by atoms with Crippen LogP contribution in [0.15, 0.2) is 54.9 Å². The van der Waals surface area contributed by atoms with Crippen LogP contribution in [0, 0.1) is 0 Å². The number of carbonyl (C=O) groups is 1. The maximum Gasteiger partial charge on any atom is 0.264 e. The first-order valence-electron chi connectivity index (χ1n) is 6.96. The third-order valence-corrected chi connectivity index (χ3v) is 3.64. The molecule has 23 heavy (non-hydrogen) atoms. The Labute approximate surface area is 138 Å². The zero-order valence-corrected chi connectivity index (χ0v) is 13.2. The van der Waals surface area contributed by atoms with Gasteiger partial charge >= 0.3 is 0 Å². The van der Waals surface area contributed by atoms with E-state index in [0.29, 0.717) is 10.8 Å². The summed E-state index contributed by atoms with van der Waals surface area (Å²) < 4.78 is 7.32. The Kier molecular flexibility index (Phi) is 4.34. The molecule has 0 aliphatic carbocycles. The summed E-state index contributed by atoms with van der Waals surface area (Å²) in [5.74, 6) is 0.462. The average Bonchev–Trinajstić information content (AvgIpc) is 2.51. The molecule has 0 spiro atoms. The van der Waals surface area contributed by atoms with E-state index in [0.717, 1.165) is 11.4 Å². The summed E-state index contributed by atoms with van der Waals surface area (Å²) in [6, 6.07) is 14.5. The van der Waals surface area contributed by atoms with Crippen molar-refractivity contribution in [3.8, 4) is 11.4 Å². The highest BCUT2D eigenvalue weighted by molar-refractivity contribution is 6.30. The van der Waals surface area contributed by atoms with Gasteiger partial charge in [0.05, 0.1) is 5.69 Å². The second kappa shape index (κ2) is 6.58. The number of nitrogens with one attached hydrogen (secondary N) is 1. The molecule has 6 nitrogen and oxygen atoms in total. The zero-order chi connectivity index (χ0) is 16.2. The molecular formula is C16H15ClN4O2. The fraction of sp³-hybridized carbons (Fsp3) is 0.125. The third-order valence-electron chi connectivity index (χ3n) is 3.38. The molecule has 2 aromatic carbocycles. The molecule has 0 saturated heterocycles. The highest BCUT2D eigenvalue weighted by Gasteiger charge is 2.12. The summed E-state index contributed by atoms with van der Waals surface area (Å²) in [6.45, 7) is -0.0515. The maximum atomic E-state index is 12.2. The molecule has 1 amide bonds. The van der Waals surface area contributed by atoms with Crippen LogP contribution in [0.1, 0.15) is 0 Å². The first-order chi connectivity index (χ1) is 11.1. The number of amides is 1. The van der Waals surface area contributed by atoms with Crippen molar-refractivity contribution >= 4 is 23.2 Å². The summed E-state index contributed by atoms with van der Waals surface area (Å²) >= 11 is 5.85. The molecular weight excluding hydrogens is 316 g/mol. The number of anilines is 1. The van der Waals surface area contributed by atoms with Gasteiger partial charge < -0.3 is 9.64 Å². The highest BCUT2D eigenvalue weighted by atomic mass is 35.5. The monoisotopic (exact) mass is 330 g/mol. The highest BCUT2D eigenvalue weighted by Crippen LogP contribution is 2.18. The number of aromatic amines is 1. The number of aromatic nitrogens is 3. The van der Waals surface area contributed by atoms with Crippen molar-refractivity contribution in [1.29, 1.82) is 0 Å². The Morgan fingerprint density at radius 3 is 2.70 bits per heavy atom. The SMILES string of the molecule is CN(C(=O)COc1cccc(-n2cn[nH]2)c1)c1ccc(Cl)cc1. The Hall–Kier alpha value is -2.73. The van der Waals surface area contributed by atoms with Crippen LogP contribution in [0.3, 0.4) is 0 Å². The van der Waals surface area contributed by atoms with Gasteiger partial charge in [0.25, 0.3) is 5.91 Å². The molecule has 3 aromatic rings. The van der Waals surface area contributed by atoms with E-state index in [9.17, 15) is 4.79 Å². The van der Waals surface area contributed by atoms with E-state index < -0.39 is 0 Å². The normalized spacial score (nSPS) is 10.5. The molecule has 0 saturated carbocycles. The van der Waals surface area contributed by atoms with E-state index in [4.69, 9.17) is 16.3 Å². The number of halogens is 1. The van der Waals surface area contributed by atoms with Gasteiger partial charge in [0.15, 0.2) is 6.61 Å². The Bertz CT molecular complexity index is 785. The summed E-state index contributed by atoms with van der Waals surface area (Å²) in [6.07, 6.45) is 1.65. The molecule has 0 aliphatic rings. The van der Waals surface area contributed by atoms with Crippen molar-refractivity contribution < 1.29 is 9.53 Å². The second-order valence-corrected chi connectivity index (χ2v) is 5.37. The van der Waals surface area contributed by atoms with Gasteiger partial charge in [0.1, 0.15) is 12.1 Å². The number of nitrogens with zero attached hydrogens (tertiary/aromatic N) is 3. The molecule has 1 N–H and O–H groups in total. The van der Waals surface area contributed by atoms with Crippen LogP contribution >= 0.6 is 11.6 Å². The summed E-state index contributed by atoms with van der Waals surface area (Å²) in [4.78, 5) is 13.7. The fourth-order valence-corrected chi connectivity index (χ4v) is 2.14. The number of hydrogen-bond acceptors (Lipinski definition) is 3. The van der Waals surface area contributed by atoms with Crippen LogP contribution in [-0.2, 0) is 4.79 Å². The molecule has 118 valence electrons. The topological polar surface area (TPSA) is 63.1 Å². The fourth-order valence-electron chi connectivity index (χ4n) is 2.01. The number of carbonyl (C=O) groups excluding carboxylic acids is 1. The van der Waals surface area contributed by atoms with Crippen LogP contribution in [-0.4, -0.2) is 34.6 Å². The van der Waals surface area contributed by atoms with Crippen LogP contribution in [0.25, 0.3) is 5.69 Å². The van der Waals surface area contributed by atoms with E-state index in [1.165, 1.54) is 4.90 Å². The Morgan fingerprint density at radius 1 is 1.30 bits per heavy atom. The van der Waals surface area contributed by atoms with Gasteiger partial charge in [-0.15, -0.1) is 5.10 Å². The van der Waals surface area contributed by atoms with Crippen molar-refractivity contribution in [3.05, 3.63) is 59.9 Å². The minimum Gasteiger partial charge on any atom is -0.484 e. The number of ether oxygens (including phenoxy) is 1. The summed E-state index contributed by atoms with van der Waals surface area (Å²) in [5, 5.41) is 7.17. The first kappa shape index (κ1) is 15.2. The smallest absolute Gasteiger partial charge is 0.264 e. The lowest BCUT2D eigenvalue weighted by Crippen LogP contribution is -2.31. The van der Waals surface area contributed by atoms with Gasteiger partial charge in [0.2, 0.25) is 0 Å².